The van der Waals surface area contributed by atoms with Crippen LogP contribution >= 0.6 is 0 Å². The largest absolute Gasteiger partial charge is 0.367 e. The number of rotatable bonds is 2. The lowest BCUT2D eigenvalue weighted by atomic mass is 9.93. The summed E-state index contributed by atoms with van der Waals surface area (Å²) in [6.07, 6.45) is 2.08. The second-order valence-electron chi connectivity index (χ2n) is 5.69. The van der Waals surface area contributed by atoms with E-state index in [0.29, 0.717) is 17.8 Å². The molecule has 19 heavy (non-hydrogen) atoms. The van der Waals surface area contributed by atoms with E-state index in [2.05, 4.69) is 34.3 Å². The average molecular weight is 266 g/mol. The predicted molar refractivity (Wildman–Crippen MR) is 69.9 cm³/mol. The maximum Gasteiger partial charge on any atom is 0.229 e. The fraction of sp³-hybridized carbons (Fsp3) is 0.846. The molecule has 0 radical (unpaired) electrons. The minimum absolute atomic E-state index is 0.0459. The average Bonchev–Trinajstić information content (AvgIpc) is 2.88. The summed E-state index contributed by atoms with van der Waals surface area (Å²) in [6.45, 7) is 5.75. The smallest absolute Gasteiger partial charge is 0.229 e. The number of nitrogens with zero attached hydrogens (tertiary/aromatic N) is 3. The second kappa shape index (κ2) is 5.56. The number of aromatic nitrogens is 2. The minimum atomic E-state index is -0.0459. The molecule has 2 saturated heterocycles. The van der Waals surface area contributed by atoms with Crippen molar-refractivity contribution in [1.82, 2.24) is 20.4 Å². The molecule has 0 bridgehead atoms. The van der Waals surface area contributed by atoms with Crippen molar-refractivity contribution in [2.75, 3.05) is 33.3 Å². The molecular weight excluding hydrogens is 244 g/mol. The van der Waals surface area contributed by atoms with Crippen molar-refractivity contribution in [2.45, 2.75) is 37.8 Å². The molecule has 3 rings (SSSR count). The molecule has 2 fully saturated rings. The molecule has 0 aliphatic carbocycles. The van der Waals surface area contributed by atoms with Crippen molar-refractivity contribution in [3.63, 3.8) is 0 Å². The Kier molecular flexibility index (Phi) is 3.81. The van der Waals surface area contributed by atoms with Gasteiger partial charge in [-0.15, -0.1) is 0 Å². The number of piperidine rings is 1. The fourth-order valence-electron chi connectivity index (χ4n) is 2.83. The zero-order chi connectivity index (χ0) is 13.2. The van der Waals surface area contributed by atoms with Gasteiger partial charge in [-0.1, -0.05) is 5.16 Å². The van der Waals surface area contributed by atoms with Crippen LogP contribution in [-0.2, 0) is 4.74 Å². The quantitative estimate of drug-likeness (QED) is 0.859. The van der Waals surface area contributed by atoms with Gasteiger partial charge < -0.3 is 19.5 Å². The Bertz CT molecular complexity index is 386. The molecule has 0 amide bonds. The van der Waals surface area contributed by atoms with Gasteiger partial charge in [0, 0.05) is 25.0 Å². The van der Waals surface area contributed by atoms with Crippen LogP contribution in [0.25, 0.3) is 0 Å². The van der Waals surface area contributed by atoms with Crippen molar-refractivity contribution in [3.05, 3.63) is 11.7 Å². The van der Waals surface area contributed by atoms with Gasteiger partial charge in [-0.3, -0.25) is 0 Å². The lowest BCUT2D eigenvalue weighted by Gasteiger charge is -2.28. The van der Waals surface area contributed by atoms with E-state index in [1.807, 2.05) is 0 Å². The molecule has 6 nitrogen and oxygen atoms in total. The number of nitrogens with one attached hydrogen (secondary N) is 1. The van der Waals surface area contributed by atoms with E-state index in [4.69, 9.17) is 9.26 Å². The highest BCUT2D eigenvalue weighted by Crippen LogP contribution is 2.28. The number of hydrogen-bond acceptors (Lipinski definition) is 6. The number of ether oxygens (including phenoxy) is 1. The lowest BCUT2D eigenvalue weighted by Crippen LogP contribution is -2.36. The summed E-state index contributed by atoms with van der Waals surface area (Å²) >= 11 is 0. The molecule has 0 aromatic carbocycles. The maximum absolute atomic E-state index is 5.72. The molecule has 2 aliphatic rings. The van der Waals surface area contributed by atoms with Crippen LogP contribution in [0.4, 0.5) is 0 Å². The fourth-order valence-corrected chi connectivity index (χ4v) is 2.83. The molecular formula is C13H22N4O2. The Labute approximate surface area is 113 Å². The van der Waals surface area contributed by atoms with Crippen LogP contribution in [0.15, 0.2) is 4.52 Å². The summed E-state index contributed by atoms with van der Waals surface area (Å²) in [4.78, 5) is 6.80. The van der Waals surface area contributed by atoms with Crippen molar-refractivity contribution < 1.29 is 9.26 Å². The molecule has 1 aromatic rings. The van der Waals surface area contributed by atoms with Gasteiger partial charge in [-0.2, -0.15) is 4.98 Å². The van der Waals surface area contributed by atoms with E-state index < -0.39 is 0 Å². The van der Waals surface area contributed by atoms with Crippen LogP contribution in [0.1, 0.15) is 43.5 Å². The van der Waals surface area contributed by atoms with E-state index in [0.717, 1.165) is 45.0 Å². The van der Waals surface area contributed by atoms with E-state index in [1.54, 1.807) is 0 Å². The third-order valence-electron chi connectivity index (χ3n) is 3.99. The summed E-state index contributed by atoms with van der Waals surface area (Å²) in [5.41, 5.74) is 0. The Morgan fingerprint density at radius 1 is 1.42 bits per heavy atom. The minimum Gasteiger partial charge on any atom is -0.367 e. The van der Waals surface area contributed by atoms with Crippen molar-refractivity contribution in [3.8, 4) is 0 Å². The molecule has 1 N–H and O–H groups in total. The van der Waals surface area contributed by atoms with E-state index in [1.165, 1.54) is 0 Å². The van der Waals surface area contributed by atoms with Gasteiger partial charge in [-0.25, -0.2) is 0 Å². The first-order valence-corrected chi connectivity index (χ1v) is 7.09. The van der Waals surface area contributed by atoms with Gasteiger partial charge in [0.15, 0.2) is 0 Å². The number of likely N-dealkylation sites (N-methyl/N-ethyl adjacent to an activating group) is 1. The van der Waals surface area contributed by atoms with Crippen LogP contribution < -0.4 is 5.32 Å². The van der Waals surface area contributed by atoms with E-state index >= 15 is 0 Å². The Morgan fingerprint density at radius 2 is 2.32 bits per heavy atom. The zero-order valence-electron chi connectivity index (χ0n) is 11.6. The lowest BCUT2D eigenvalue weighted by molar-refractivity contribution is -0.0264. The van der Waals surface area contributed by atoms with Gasteiger partial charge in [0.1, 0.15) is 6.10 Å². The zero-order valence-corrected chi connectivity index (χ0v) is 11.6. The van der Waals surface area contributed by atoms with Gasteiger partial charge in [0.2, 0.25) is 11.7 Å². The van der Waals surface area contributed by atoms with Gasteiger partial charge in [0.25, 0.3) is 0 Å². The molecule has 3 atom stereocenters. The van der Waals surface area contributed by atoms with Gasteiger partial charge in [-0.05, 0) is 33.4 Å². The monoisotopic (exact) mass is 266 g/mol. The normalized spacial score (nSPS) is 33.5. The highest BCUT2D eigenvalue weighted by Gasteiger charge is 2.28. The summed E-state index contributed by atoms with van der Waals surface area (Å²) in [6, 6.07) is 0.520. The summed E-state index contributed by atoms with van der Waals surface area (Å²) in [7, 11) is 2.09. The van der Waals surface area contributed by atoms with Crippen molar-refractivity contribution in [1.29, 1.82) is 0 Å². The summed E-state index contributed by atoms with van der Waals surface area (Å²) in [5, 5.41) is 7.55. The third-order valence-corrected chi connectivity index (χ3v) is 3.99. The molecule has 3 unspecified atom stereocenters. The van der Waals surface area contributed by atoms with Crippen LogP contribution in [-0.4, -0.2) is 54.4 Å². The topological polar surface area (TPSA) is 63.4 Å². The first-order chi connectivity index (χ1) is 9.22. The third kappa shape index (κ3) is 2.96. The number of hydrogen-bond donors (Lipinski definition) is 1. The van der Waals surface area contributed by atoms with Gasteiger partial charge >= 0.3 is 0 Å². The second-order valence-corrected chi connectivity index (χ2v) is 5.69. The molecule has 1 aromatic heterocycles. The Balaban J connectivity index is 1.68. The first-order valence-electron chi connectivity index (χ1n) is 7.09. The van der Waals surface area contributed by atoms with Gasteiger partial charge in [0.05, 0.1) is 6.61 Å². The SMILES string of the molecule is CC1CC(c2nc(C3CN(C)CCO3)no2)CCN1. The highest BCUT2D eigenvalue weighted by molar-refractivity contribution is 5.00. The molecule has 0 saturated carbocycles. The van der Waals surface area contributed by atoms with Crippen molar-refractivity contribution in [2.24, 2.45) is 0 Å². The summed E-state index contributed by atoms with van der Waals surface area (Å²) < 4.78 is 11.2. The van der Waals surface area contributed by atoms with E-state index in [9.17, 15) is 0 Å². The first kappa shape index (κ1) is 13.0. The van der Waals surface area contributed by atoms with Crippen LogP contribution in [0, 0.1) is 0 Å². The molecule has 2 aliphatic heterocycles. The molecule has 106 valence electrons. The number of morpholine rings is 1. The highest BCUT2D eigenvalue weighted by atomic mass is 16.5. The molecule has 0 spiro atoms. The maximum atomic E-state index is 5.72. The van der Waals surface area contributed by atoms with Crippen LogP contribution in [0.3, 0.4) is 0 Å². The standard InChI is InChI=1S/C13H22N4O2/c1-9-7-10(3-4-14-9)13-15-12(16-19-13)11-8-17(2)5-6-18-11/h9-11,14H,3-8H2,1-2H3. The molecule has 3 heterocycles. The van der Waals surface area contributed by atoms with Crippen LogP contribution in [0.2, 0.25) is 0 Å². The Hall–Kier alpha value is -0.980. The van der Waals surface area contributed by atoms with Crippen LogP contribution in [0.5, 0.6) is 0 Å². The molecule has 6 heteroatoms. The van der Waals surface area contributed by atoms with Crippen molar-refractivity contribution >= 4 is 0 Å². The predicted octanol–water partition coefficient (Wildman–Crippen LogP) is 0.928. The Morgan fingerprint density at radius 3 is 3.11 bits per heavy atom. The summed E-state index contributed by atoms with van der Waals surface area (Å²) in [5.74, 6) is 1.87. The van der Waals surface area contributed by atoms with E-state index in [-0.39, 0.29) is 6.10 Å².